The van der Waals surface area contributed by atoms with E-state index >= 15 is 0 Å². The quantitative estimate of drug-likeness (QED) is 0.679. The SMILES string of the molecule is O=C(Nc1sc2c(c1C(=O)O)CCN(C(=O)c1ccsc1)C2)c1ccccc1. The van der Waals surface area contributed by atoms with Gasteiger partial charge in [0.25, 0.3) is 11.8 Å². The van der Waals surface area contributed by atoms with Gasteiger partial charge in [0, 0.05) is 22.4 Å². The molecule has 0 radical (unpaired) electrons. The number of aromatic carboxylic acids is 1. The molecule has 0 atom stereocenters. The van der Waals surface area contributed by atoms with E-state index in [1.807, 2.05) is 11.4 Å². The molecule has 142 valence electrons. The number of carbonyl (C=O) groups is 3. The second-order valence-electron chi connectivity index (χ2n) is 6.32. The highest BCUT2D eigenvalue weighted by molar-refractivity contribution is 7.17. The lowest BCUT2D eigenvalue weighted by atomic mass is 10.0. The molecule has 3 aromatic rings. The smallest absolute Gasteiger partial charge is 0.339 e. The van der Waals surface area contributed by atoms with Gasteiger partial charge in [-0.15, -0.1) is 11.3 Å². The van der Waals surface area contributed by atoms with Gasteiger partial charge >= 0.3 is 5.97 Å². The van der Waals surface area contributed by atoms with Crippen LogP contribution >= 0.6 is 22.7 Å². The van der Waals surface area contributed by atoms with E-state index in [-0.39, 0.29) is 17.4 Å². The Morgan fingerprint density at radius 1 is 1.07 bits per heavy atom. The molecule has 1 aliphatic heterocycles. The highest BCUT2D eigenvalue weighted by Crippen LogP contribution is 2.37. The van der Waals surface area contributed by atoms with Crippen molar-refractivity contribution in [1.29, 1.82) is 0 Å². The van der Waals surface area contributed by atoms with Crippen molar-refractivity contribution >= 4 is 45.5 Å². The van der Waals surface area contributed by atoms with Crippen molar-refractivity contribution in [2.45, 2.75) is 13.0 Å². The van der Waals surface area contributed by atoms with Crippen LogP contribution in [-0.4, -0.2) is 34.3 Å². The minimum Gasteiger partial charge on any atom is -0.478 e. The highest BCUT2D eigenvalue weighted by Gasteiger charge is 2.30. The van der Waals surface area contributed by atoms with Crippen LogP contribution in [0.1, 0.15) is 41.5 Å². The van der Waals surface area contributed by atoms with Crippen LogP contribution in [0.5, 0.6) is 0 Å². The normalized spacial score (nSPS) is 13.1. The molecule has 8 heteroatoms. The predicted octanol–water partition coefficient (Wildman–Crippen LogP) is 3.96. The molecule has 6 nitrogen and oxygen atoms in total. The van der Waals surface area contributed by atoms with Crippen molar-refractivity contribution in [3.63, 3.8) is 0 Å². The van der Waals surface area contributed by atoms with E-state index in [9.17, 15) is 19.5 Å². The molecule has 0 unspecified atom stereocenters. The predicted molar refractivity (Wildman–Crippen MR) is 108 cm³/mol. The molecule has 0 aliphatic carbocycles. The molecule has 2 amide bonds. The van der Waals surface area contributed by atoms with Crippen molar-refractivity contribution in [3.8, 4) is 0 Å². The number of hydrogen-bond acceptors (Lipinski definition) is 5. The van der Waals surface area contributed by atoms with Crippen LogP contribution in [0.3, 0.4) is 0 Å². The third-order valence-corrected chi connectivity index (χ3v) is 6.40. The molecule has 0 bridgehead atoms. The van der Waals surface area contributed by atoms with Crippen LogP contribution in [0.25, 0.3) is 0 Å². The van der Waals surface area contributed by atoms with Gasteiger partial charge in [0.1, 0.15) is 5.00 Å². The molecule has 0 saturated heterocycles. The van der Waals surface area contributed by atoms with Gasteiger partial charge in [-0.3, -0.25) is 9.59 Å². The molecule has 3 heterocycles. The lowest BCUT2D eigenvalue weighted by molar-refractivity contribution is 0.0696. The van der Waals surface area contributed by atoms with Gasteiger partial charge in [-0.25, -0.2) is 4.79 Å². The molecule has 2 N–H and O–H groups in total. The maximum absolute atomic E-state index is 12.6. The van der Waals surface area contributed by atoms with Crippen LogP contribution in [0.15, 0.2) is 47.2 Å². The zero-order valence-electron chi connectivity index (χ0n) is 14.7. The summed E-state index contributed by atoms with van der Waals surface area (Å²) in [6, 6.07) is 10.4. The lowest BCUT2D eigenvalue weighted by Crippen LogP contribution is -2.35. The zero-order chi connectivity index (χ0) is 19.7. The number of nitrogens with one attached hydrogen (secondary N) is 1. The van der Waals surface area contributed by atoms with E-state index in [0.29, 0.717) is 41.2 Å². The van der Waals surface area contributed by atoms with Crippen LogP contribution in [0, 0.1) is 0 Å². The number of carbonyl (C=O) groups excluding carboxylic acids is 2. The van der Waals surface area contributed by atoms with Gasteiger partial charge < -0.3 is 15.3 Å². The minimum absolute atomic E-state index is 0.0629. The number of fused-ring (bicyclic) bond motifs is 1. The molecule has 1 aromatic carbocycles. The first-order valence-electron chi connectivity index (χ1n) is 8.60. The number of benzene rings is 1. The molecule has 28 heavy (non-hydrogen) atoms. The van der Waals surface area contributed by atoms with Crippen molar-refractivity contribution in [2.24, 2.45) is 0 Å². The Balaban J connectivity index is 1.61. The first-order chi connectivity index (χ1) is 13.5. The average molecular weight is 412 g/mol. The fourth-order valence-corrected chi connectivity index (χ4v) is 5.10. The average Bonchev–Trinajstić information content (AvgIpc) is 3.35. The number of rotatable bonds is 4. The maximum Gasteiger partial charge on any atom is 0.339 e. The fraction of sp³-hybridized carbons (Fsp3) is 0.150. The van der Waals surface area contributed by atoms with Crippen LogP contribution in [-0.2, 0) is 13.0 Å². The van der Waals surface area contributed by atoms with Gasteiger partial charge in [-0.1, -0.05) is 18.2 Å². The Morgan fingerprint density at radius 2 is 1.86 bits per heavy atom. The maximum atomic E-state index is 12.6. The summed E-state index contributed by atoms with van der Waals surface area (Å²) in [5, 5.41) is 16.4. The van der Waals surface area contributed by atoms with Gasteiger partial charge in [-0.2, -0.15) is 11.3 Å². The summed E-state index contributed by atoms with van der Waals surface area (Å²) in [7, 11) is 0. The summed E-state index contributed by atoms with van der Waals surface area (Å²) in [5.74, 6) is -1.49. The lowest BCUT2D eigenvalue weighted by Gasteiger charge is -2.26. The monoisotopic (exact) mass is 412 g/mol. The van der Waals surface area contributed by atoms with E-state index < -0.39 is 5.97 Å². The number of hydrogen-bond donors (Lipinski definition) is 2. The minimum atomic E-state index is -1.07. The Labute approximate surface area is 169 Å². The van der Waals surface area contributed by atoms with E-state index in [1.165, 1.54) is 22.7 Å². The second kappa shape index (κ2) is 7.57. The van der Waals surface area contributed by atoms with E-state index in [0.717, 1.165) is 4.88 Å². The Hall–Kier alpha value is -2.97. The van der Waals surface area contributed by atoms with Crippen molar-refractivity contribution < 1.29 is 19.5 Å². The Morgan fingerprint density at radius 3 is 2.54 bits per heavy atom. The summed E-state index contributed by atoms with van der Waals surface area (Å²) in [4.78, 5) is 39.4. The molecule has 2 aromatic heterocycles. The summed E-state index contributed by atoms with van der Waals surface area (Å²) in [5.41, 5.74) is 1.93. The Kier molecular flexibility index (Phi) is 4.97. The first-order valence-corrected chi connectivity index (χ1v) is 10.4. The van der Waals surface area contributed by atoms with Crippen LogP contribution in [0.2, 0.25) is 0 Å². The molecule has 1 aliphatic rings. The fourth-order valence-electron chi connectivity index (χ4n) is 3.22. The molecule has 0 spiro atoms. The third-order valence-electron chi connectivity index (χ3n) is 4.59. The second-order valence-corrected chi connectivity index (χ2v) is 8.21. The molecule has 0 fully saturated rings. The molecular weight excluding hydrogens is 396 g/mol. The molecule has 4 rings (SSSR count). The number of carboxylic acids is 1. The third kappa shape index (κ3) is 3.44. The topological polar surface area (TPSA) is 86.7 Å². The summed E-state index contributed by atoms with van der Waals surface area (Å²) >= 11 is 2.69. The van der Waals surface area contributed by atoms with E-state index in [2.05, 4.69) is 5.32 Å². The van der Waals surface area contributed by atoms with Crippen molar-refractivity contribution in [2.75, 3.05) is 11.9 Å². The van der Waals surface area contributed by atoms with E-state index in [4.69, 9.17) is 0 Å². The van der Waals surface area contributed by atoms with Crippen molar-refractivity contribution in [1.82, 2.24) is 4.90 Å². The molecular formula is C20H16N2O4S2. The van der Waals surface area contributed by atoms with Gasteiger partial charge in [0.05, 0.1) is 17.7 Å². The Bertz CT molecular complexity index is 1040. The number of amides is 2. The van der Waals surface area contributed by atoms with Crippen molar-refractivity contribution in [3.05, 3.63) is 74.3 Å². The van der Waals surface area contributed by atoms with E-state index in [1.54, 1.807) is 40.6 Å². The van der Waals surface area contributed by atoms with Gasteiger partial charge in [0.2, 0.25) is 0 Å². The number of anilines is 1. The van der Waals surface area contributed by atoms with Gasteiger partial charge in [-0.05, 0) is 35.6 Å². The number of nitrogens with zero attached hydrogens (tertiary/aromatic N) is 1. The van der Waals surface area contributed by atoms with Crippen LogP contribution in [0.4, 0.5) is 5.00 Å². The zero-order valence-corrected chi connectivity index (χ0v) is 16.3. The molecule has 0 saturated carbocycles. The standard InChI is InChI=1S/C20H16N2O4S2/c23-17(12-4-2-1-3-5-12)21-18-16(20(25)26)14-6-8-22(10-15(14)28-18)19(24)13-7-9-27-11-13/h1-5,7,9,11H,6,8,10H2,(H,21,23)(H,25,26). The number of thiophene rings is 2. The summed E-state index contributed by atoms with van der Waals surface area (Å²) in [6.07, 6.45) is 0.449. The summed E-state index contributed by atoms with van der Waals surface area (Å²) < 4.78 is 0. The summed E-state index contributed by atoms with van der Waals surface area (Å²) in [6.45, 7) is 0.793. The number of carboxylic acid groups (broad SMARTS) is 1. The first kappa shape index (κ1) is 18.4. The highest BCUT2D eigenvalue weighted by atomic mass is 32.1. The van der Waals surface area contributed by atoms with Crippen LogP contribution < -0.4 is 5.32 Å². The largest absolute Gasteiger partial charge is 0.478 e. The van der Waals surface area contributed by atoms with Gasteiger partial charge in [0.15, 0.2) is 0 Å².